The number of benzene rings is 2. The molecule has 0 spiro atoms. The van der Waals surface area contributed by atoms with Gasteiger partial charge < -0.3 is 4.74 Å². The Balaban J connectivity index is 2.17. The largest absolute Gasteiger partial charge is 0.493 e. The van der Waals surface area contributed by atoms with Crippen LogP contribution in [0.25, 0.3) is 0 Å². The molecule has 0 saturated carbocycles. The van der Waals surface area contributed by atoms with Crippen molar-refractivity contribution in [2.45, 2.75) is 6.92 Å². The third kappa shape index (κ3) is 4.27. The highest BCUT2D eigenvalue weighted by atomic mass is 35.5. The summed E-state index contributed by atoms with van der Waals surface area (Å²) in [5.41, 5.74) is 4.18. The second-order valence-corrected chi connectivity index (χ2v) is 5.34. The van der Waals surface area contributed by atoms with Crippen LogP contribution in [-0.2, 0) is 0 Å². The van der Waals surface area contributed by atoms with E-state index in [0.717, 1.165) is 11.3 Å². The standard InChI is InChI=1S/C15H13Cl3N2O/c1-2-21-14-6-4-3-5-10(14)9-19-20-15-12(17)7-11(16)8-13(15)18/h3-9,20H,2H2,1H3/b19-9-. The maximum atomic E-state index is 6.07. The van der Waals surface area contributed by atoms with Gasteiger partial charge in [0.05, 0.1) is 28.6 Å². The molecule has 2 aromatic rings. The average Bonchev–Trinajstić information content (AvgIpc) is 2.43. The van der Waals surface area contributed by atoms with Gasteiger partial charge in [-0.05, 0) is 31.2 Å². The van der Waals surface area contributed by atoms with Gasteiger partial charge in [0, 0.05) is 10.6 Å². The van der Waals surface area contributed by atoms with Gasteiger partial charge in [0.1, 0.15) is 5.75 Å². The Morgan fingerprint density at radius 3 is 2.48 bits per heavy atom. The average molecular weight is 344 g/mol. The molecular formula is C15H13Cl3N2O. The fraction of sp³-hybridized carbons (Fsp3) is 0.133. The molecule has 3 nitrogen and oxygen atoms in total. The van der Waals surface area contributed by atoms with E-state index >= 15 is 0 Å². The highest BCUT2D eigenvalue weighted by molar-refractivity contribution is 6.41. The third-order valence-electron chi connectivity index (χ3n) is 2.61. The van der Waals surface area contributed by atoms with Crippen LogP contribution in [0, 0.1) is 0 Å². The molecular weight excluding hydrogens is 331 g/mol. The van der Waals surface area contributed by atoms with Crippen molar-refractivity contribution in [3.8, 4) is 5.75 Å². The second kappa shape index (κ2) is 7.55. The van der Waals surface area contributed by atoms with Gasteiger partial charge in [0.15, 0.2) is 0 Å². The van der Waals surface area contributed by atoms with Gasteiger partial charge in [0.2, 0.25) is 0 Å². The van der Waals surface area contributed by atoms with Crippen molar-refractivity contribution in [2.24, 2.45) is 5.10 Å². The van der Waals surface area contributed by atoms with Gasteiger partial charge in [-0.1, -0.05) is 46.9 Å². The van der Waals surface area contributed by atoms with Crippen molar-refractivity contribution < 1.29 is 4.74 Å². The molecule has 0 aromatic heterocycles. The van der Waals surface area contributed by atoms with Crippen LogP contribution in [0.15, 0.2) is 41.5 Å². The number of halogens is 3. The van der Waals surface area contributed by atoms with E-state index in [1.54, 1.807) is 18.3 Å². The SMILES string of the molecule is CCOc1ccccc1/C=N\Nc1c(Cl)cc(Cl)cc1Cl. The van der Waals surface area contributed by atoms with E-state index < -0.39 is 0 Å². The van der Waals surface area contributed by atoms with Crippen LogP contribution in [0.2, 0.25) is 15.1 Å². The predicted molar refractivity (Wildman–Crippen MR) is 90.3 cm³/mol. The zero-order valence-electron chi connectivity index (χ0n) is 11.2. The fourth-order valence-corrected chi connectivity index (χ4v) is 2.59. The van der Waals surface area contributed by atoms with E-state index in [1.165, 1.54) is 0 Å². The fourth-order valence-electron chi connectivity index (χ4n) is 1.69. The Bertz CT molecular complexity index is 636. The lowest BCUT2D eigenvalue weighted by molar-refractivity contribution is 0.340. The lowest BCUT2D eigenvalue weighted by atomic mass is 10.2. The number of hydrogen-bond acceptors (Lipinski definition) is 3. The number of ether oxygens (including phenoxy) is 1. The van der Waals surface area contributed by atoms with Crippen LogP contribution in [-0.4, -0.2) is 12.8 Å². The summed E-state index contributed by atoms with van der Waals surface area (Å²) in [7, 11) is 0. The molecule has 0 bridgehead atoms. The summed E-state index contributed by atoms with van der Waals surface area (Å²) < 4.78 is 5.51. The lowest BCUT2D eigenvalue weighted by Gasteiger charge is -2.08. The minimum Gasteiger partial charge on any atom is -0.493 e. The van der Waals surface area contributed by atoms with Gasteiger partial charge in [-0.3, -0.25) is 5.43 Å². The molecule has 6 heteroatoms. The topological polar surface area (TPSA) is 33.6 Å². The van der Waals surface area contributed by atoms with Crippen LogP contribution in [0.5, 0.6) is 5.75 Å². The molecule has 0 fully saturated rings. The summed E-state index contributed by atoms with van der Waals surface area (Å²) in [5.74, 6) is 0.763. The van der Waals surface area contributed by atoms with Crippen LogP contribution in [0.1, 0.15) is 12.5 Å². The molecule has 0 aliphatic heterocycles. The number of para-hydroxylation sites is 1. The Labute approximate surface area is 138 Å². The van der Waals surface area contributed by atoms with E-state index in [0.29, 0.717) is 27.4 Å². The smallest absolute Gasteiger partial charge is 0.128 e. The normalized spacial score (nSPS) is 10.9. The van der Waals surface area contributed by atoms with E-state index in [4.69, 9.17) is 39.5 Å². The molecule has 110 valence electrons. The zero-order chi connectivity index (χ0) is 15.2. The van der Waals surface area contributed by atoms with Crippen molar-refractivity contribution in [3.63, 3.8) is 0 Å². The van der Waals surface area contributed by atoms with Gasteiger partial charge >= 0.3 is 0 Å². The quantitative estimate of drug-likeness (QED) is 0.575. The molecule has 0 aliphatic rings. The Hall–Kier alpha value is -1.42. The van der Waals surface area contributed by atoms with Crippen molar-refractivity contribution in [3.05, 3.63) is 57.0 Å². The molecule has 0 heterocycles. The third-order valence-corrected chi connectivity index (χ3v) is 3.42. The molecule has 2 aromatic carbocycles. The highest BCUT2D eigenvalue weighted by Gasteiger charge is 2.06. The monoisotopic (exact) mass is 342 g/mol. The lowest BCUT2D eigenvalue weighted by Crippen LogP contribution is -1.97. The summed E-state index contributed by atoms with van der Waals surface area (Å²) in [6.45, 7) is 2.52. The predicted octanol–water partition coefficient (Wildman–Crippen LogP) is 5.49. The maximum absolute atomic E-state index is 6.07. The summed E-state index contributed by atoms with van der Waals surface area (Å²) in [4.78, 5) is 0. The number of nitrogens with one attached hydrogen (secondary N) is 1. The first-order valence-electron chi connectivity index (χ1n) is 6.27. The van der Waals surface area contributed by atoms with Crippen molar-refractivity contribution >= 4 is 46.7 Å². The van der Waals surface area contributed by atoms with E-state index in [2.05, 4.69) is 10.5 Å². The first-order valence-corrected chi connectivity index (χ1v) is 7.40. The Morgan fingerprint density at radius 1 is 1.14 bits per heavy atom. The molecule has 0 unspecified atom stereocenters. The Morgan fingerprint density at radius 2 is 1.81 bits per heavy atom. The molecule has 0 amide bonds. The molecule has 0 aliphatic carbocycles. The summed E-state index contributed by atoms with van der Waals surface area (Å²) >= 11 is 18.0. The van der Waals surface area contributed by atoms with E-state index in [9.17, 15) is 0 Å². The molecule has 1 N–H and O–H groups in total. The minimum atomic E-state index is 0.405. The van der Waals surface area contributed by atoms with E-state index in [1.807, 2.05) is 31.2 Å². The van der Waals surface area contributed by atoms with Crippen molar-refractivity contribution in [1.29, 1.82) is 0 Å². The van der Waals surface area contributed by atoms with Crippen LogP contribution in [0.3, 0.4) is 0 Å². The number of hydrogen-bond donors (Lipinski definition) is 1. The zero-order valence-corrected chi connectivity index (χ0v) is 13.5. The Kier molecular flexibility index (Phi) is 5.74. The first-order chi connectivity index (χ1) is 10.1. The first kappa shape index (κ1) is 16.0. The molecule has 0 radical (unpaired) electrons. The molecule has 21 heavy (non-hydrogen) atoms. The maximum Gasteiger partial charge on any atom is 0.128 e. The number of rotatable bonds is 5. The van der Waals surface area contributed by atoms with Crippen LogP contribution < -0.4 is 10.2 Å². The van der Waals surface area contributed by atoms with Crippen LogP contribution in [0.4, 0.5) is 5.69 Å². The molecule has 0 atom stereocenters. The van der Waals surface area contributed by atoms with Gasteiger partial charge in [-0.25, -0.2) is 0 Å². The van der Waals surface area contributed by atoms with Crippen LogP contribution >= 0.6 is 34.8 Å². The summed E-state index contributed by atoms with van der Waals surface area (Å²) in [6, 6.07) is 10.8. The number of hydrazone groups is 1. The highest BCUT2D eigenvalue weighted by Crippen LogP contribution is 2.33. The van der Waals surface area contributed by atoms with Crippen molar-refractivity contribution in [2.75, 3.05) is 12.0 Å². The van der Waals surface area contributed by atoms with E-state index in [-0.39, 0.29) is 0 Å². The van der Waals surface area contributed by atoms with Gasteiger partial charge in [-0.2, -0.15) is 5.10 Å². The molecule has 0 saturated heterocycles. The minimum absolute atomic E-state index is 0.405. The van der Waals surface area contributed by atoms with Gasteiger partial charge in [0.25, 0.3) is 0 Å². The van der Waals surface area contributed by atoms with Crippen molar-refractivity contribution in [1.82, 2.24) is 0 Å². The van der Waals surface area contributed by atoms with Gasteiger partial charge in [-0.15, -0.1) is 0 Å². The summed E-state index contributed by atoms with van der Waals surface area (Å²) in [5, 5.41) is 5.42. The summed E-state index contributed by atoms with van der Waals surface area (Å²) in [6.07, 6.45) is 1.65. The second-order valence-electron chi connectivity index (χ2n) is 4.09. The number of nitrogens with zero attached hydrogens (tertiary/aromatic N) is 1. The molecule has 2 rings (SSSR count). The number of anilines is 1.